The molecule has 1 aliphatic rings. The summed E-state index contributed by atoms with van der Waals surface area (Å²) in [6.07, 6.45) is 7.54. The first-order chi connectivity index (χ1) is 16.4. The molecule has 0 radical (unpaired) electrons. The number of nitrogens with zero attached hydrogens (tertiary/aromatic N) is 6. The van der Waals surface area contributed by atoms with Crippen LogP contribution in [0.2, 0.25) is 0 Å². The number of aryl methyl sites for hydroxylation is 2. The van der Waals surface area contributed by atoms with E-state index in [4.69, 9.17) is 24.5 Å². The average Bonchev–Trinajstić information content (AvgIpc) is 3.59. The van der Waals surface area contributed by atoms with E-state index in [2.05, 4.69) is 37.1 Å². The van der Waals surface area contributed by atoms with Gasteiger partial charge in [0.15, 0.2) is 11.6 Å². The molecule has 0 spiro atoms. The van der Waals surface area contributed by atoms with Gasteiger partial charge in [-0.15, -0.1) is 11.3 Å². The smallest absolute Gasteiger partial charge is 0.199 e. The van der Waals surface area contributed by atoms with E-state index in [0.29, 0.717) is 11.9 Å². The summed E-state index contributed by atoms with van der Waals surface area (Å²) in [5.41, 5.74) is 2.09. The number of imidazole rings is 1. The Morgan fingerprint density at radius 3 is 2.44 bits per heavy atom. The number of ether oxygens (including phenoxy) is 2. The van der Waals surface area contributed by atoms with Crippen LogP contribution in [0.3, 0.4) is 0 Å². The number of hydrogen-bond acceptors (Lipinski definition) is 8. The molecule has 4 heterocycles. The Hall–Kier alpha value is -2.82. The Kier molecular flexibility index (Phi) is 6.13. The van der Waals surface area contributed by atoms with Crippen LogP contribution >= 0.6 is 11.3 Å². The number of fused-ring (bicyclic) bond motifs is 1. The van der Waals surface area contributed by atoms with Gasteiger partial charge in [0.2, 0.25) is 0 Å². The predicted octanol–water partition coefficient (Wildman–Crippen LogP) is 4.45. The van der Waals surface area contributed by atoms with Crippen LogP contribution in [0.1, 0.15) is 38.3 Å². The minimum Gasteiger partial charge on any atom is -0.379 e. The van der Waals surface area contributed by atoms with Gasteiger partial charge in [0, 0.05) is 51.9 Å². The van der Waals surface area contributed by atoms with E-state index in [0.717, 1.165) is 50.8 Å². The van der Waals surface area contributed by atoms with Gasteiger partial charge in [0.05, 0.1) is 22.5 Å². The summed E-state index contributed by atoms with van der Waals surface area (Å²) in [5, 5.41) is 9.54. The highest BCUT2D eigenvalue weighted by molar-refractivity contribution is 7.22. The molecule has 3 atom stereocenters. The van der Waals surface area contributed by atoms with Gasteiger partial charge in [-0.3, -0.25) is 4.68 Å². The van der Waals surface area contributed by atoms with Gasteiger partial charge in [-0.05, 0) is 45.2 Å². The molecule has 1 aliphatic carbocycles. The Morgan fingerprint density at radius 2 is 1.85 bits per heavy atom. The van der Waals surface area contributed by atoms with Crippen molar-refractivity contribution in [3.8, 4) is 22.2 Å². The average molecular weight is 482 g/mol. The fourth-order valence-corrected chi connectivity index (χ4v) is 5.83. The second kappa shape index (κ2) is 9.09. The molecule has 4 aromatic rings. The molecule has 5 rings (SSSR count). The van der Waals surface area contributed by atoms with E-state index in [-0.39, 0.29) is 18.2 Å². The van der Waals surface area contributed by atoms with Gasteiger partial charge in [-0.1, -0.05) is 0 Å². The van der Waals surface area contributed by atoms with E-state index in [1.54, 1.807) is 31.8 Å². The van der Waals surface area contributed by atoms with Crippen molar-refractivity contribution in [1.82, 2.24) is 29.3 Å². The van der Waals surface area contributed by atoms with Crippen LogP contribution in [0, 0.1) is 6.92 Å². The first-order valence-corrected chi connectivity index (χ1v) is 12.4. The van der Waals surface area contributed by atoms with Crippen molar-refractivity contribution in [3.05, 3.63) is 30.2 Å². The summed E-state index contributed by atoms with van der Waals surface area (Å²) < 4.78 is 15.2. The van der Waals surface area contributed by atoms with Crippen molar-refractivity contribution in [2.75, 3.05) is 19.5 Å². The van der Waals surface area contributed by atoms with Crippen molar-refractivity contribution in [2.24, 2.45) is 7.05 Å². The highest BCUT2D eigenvalue weighted by Gasteiger charge is 2.35. The highest BCUT2D eigenvalue weighted by atomic mass is 32.1. The van der Waals surface area contributed by atoms with Gasteiger partial charge in [0.25, 0.3) is 0 Å². The summed E-state index contributed by atoms with van der Waals surface area (Å²) >= 11 is 1.65. The lowest BCUT2D eigenvalue weighted by atomic mass is 10.1. The number of aromatic nitrogens is 6. The van der Waals surface area contributed by atoms with Crippen molar-refractivity contribution < 1.29 is 9.47 Å². The first kappa shape index (κ1) is 22.9. The second-order valence-electron chi connectivity index (χ2n) is 9.13. The monoisotopic (exact) mass is 481 g/mol. The number of nitrogens with one attached hydrogen (secondary N) is 1. The molecule has 0 bridgehead atoms. The SMILES string of the molecule is CO[C@H]1CC(Nc2nc(-c3nccn3C)nc3sc(-c4ccn(C(C)C)n4)c(C)c23)C[C@H]1OC. The zero-order valence-electron chi connectivity index (χ0n) is 20.4. The molecule has 1 N–H and O–H groups in total. The first-order valence-electron chi connectivity index (χ1n) is 11.6. The van der Waals surface area contributed by atoms with E-state index in [1.165, 1.54) is 0 Å². The second-order valence-corrected chi connectivity index (χ2v) is 10.1. The van der Waals surface area contributed by atoms with Gasteiger partial charge in [-0.25, -0.2) is 15.0 Å². The molecule has 0 aromatic carbocycles. The minimum atomic E-state index is 0.0629. The molecule has 0 amide bonds. The largest absolute Gasteiger partial charge is 0.379 e. The maximum atomic E-state index is 5.66. The molecule has 4 aromatic heterocycles. The van der Waals surface area contributed by atoms with Gasteiger partial charge in [0.1, 0.15) is 16.3 Å². The van der Waals surface area contributed by atoms with Crippen molar-refractivity contribution >= 4 is 27.4 Å². The highest BCUT2D eigenvalue weighted by Crippen LogP contribution is 2.41. The molecule has 10 heteroatoms. The number of methoxy groups -OCH3 is 2. The Morgan fingerprint density at radius 1 is 1.12 bits per heavy atom. The number of anilines is 1. The zero-order valence-corrected chi connectivity index (χ0v) is 21.3. The fraction of sp³-hybridized carbons (Fsp3) is 0.500. The summed E-state index contributed by atoms with van der Waals surface area (Å²) in [5.74, 6) is 2.16. The molecule has 34 heavy (non-hydrogen) atoms. The number of rotatable bonds is 7. The summed E-state index contributed by atoms with van der Waals surface area (Å²) in [6.45, 7) is 6.38. The van der Waals surface area contributed by atoms with Crippen LogP contribution in [-0.4, -0.2) is 61.8 Å². The van der Waals surface area contributed by atoms with Crippen LogP contribution in [0.4, 0.5) is 5.82 Å². The molecule has 1 unspecified atom stereocenters. The van der Waals surface area contributed by atoms with Crippen molar-refractivity contribution in [3.63, 3.8) is 0 Å². The normalized spacial score (nSPS) is 20.6. The molecule has 180 valence electrons. The lowest BCUT2D eigenvalue weighted by Crippen LogP contribution is -2.23. The van der Waals surface area contributed by atoms with E-state index in [9.17, 15) is 0 Å². The van der Waals surface area contributed by atoms with Crippen LogP contribution in [0.15, 0.2) is 24.7 Å². The maximum absolute atomic E-state index is 5.66. The Bertz CT molecular complexity index is 1300. The topological polar surface area (TPSA) is 91.9 Å². The Balaban J connectivity index is 1.61. The summed E-state index contributed by atoms with van der Waals surface area (Å²) in [4.78, 5) is 16.4. The Labute approximate surface area is 203 Å². The molecule has 1 saturated carbocycles. The molecule has 0 saturated heterocycles. The molecular formula is C24H31N7O2S. The van der Waals surface area contributed by atoms with Crippen molar-refractivity contribution in [1.29, 1.82) is 0 Å². The zero-order chi connectivity index (χ0) is 24.0. The fourth-order valence-electron chi connectivity index (χ4n) is 4.68. The van der Waals surface area contributed by atoms with Gasteiger partial charge in [-0.2, -0.15) is 5.10 Å². The maximum Gasteiger partial charge on any atom is 0.199 e. The van der Waals surface area contributed by atoms with E-state index >= 15 is 0 Å². The van der Waals surface area contributed by atoms with Crippen LogP contribution in [0.5, 0.6) is 0 Å². The summed E-state index contributed by atoms with van der Waals surface area (Å²) in [6, 6.07) is 2.56. The van der Waals surface area contributed by atoms with Crippen molar-refractivity contribution in [2.45, 2.75) is 57.9 Å². The minimum absolute atomic E-state index is 0.0629. The van der Waals surface area contributed by atoms with Crippen LogP contribution < -0.4 is 5.32 Å². The molecule has 1 fully saturated rings. The van der Waals surface area contributed by atoms with E-state index < -0.39 is 0 Å². The predicted molar refractivity (Wildman–Crippen MR) is 134 cm³/mol. The van der Waals surface area contributed by atoms with Gasteiger partial charge < -0.3 is 19.4 Å². The third-order valence-electron chi connectivity index (χ3n) is 6.58. The molecule has 9 nitrogen and oxygen atoms in total. The third kappa shape index (κ3) is 3.99. The third-order valence-corrected chi connectivity index (χ3v) is 7.78. The lowest BCUT2D eigenvalue weighted by Gasteiger charge is -2.15. The summed E-state index contributed by atoms with van der Waals surface area (Å²) in [7, 11) is 5.44. The van der Waals surface area contributed by atoms with Crippen LogP contribution in [-0.2, 0) is 16.5 Å². The van der Waals surface area contributed by atoms with Crippen LogP contribution in [0.25, 0.3) is 32.4 Å². The standard InChI is InChI=1S/C24H31N7O2S/c1-13(2)31-9-7-16(29-31)20-14(3)19-21(26-15-11-17(32-5)18(12-15)33-6)27-22(28-24(19)34-20)23-25-8-10-30(23)4/h7-10,13,15,17-18H,11-12H2,1-6H3,(H,26,27,28)/t15?,17-,18+. The molecule has 0 aliphatic heterocycles. The van der Waals surface area contributed by atoms with E-state index in [1.807, 2.05) is 28.7 Å². The van der Waals surface area contributed by atoms with Gasteiger partial charge >= 0.3 is 0 Å². The number of hydrogen-bond donors (Lipinski definition) is 1. The quantitative estimate of drug-likeness (QED) is 0.417. The lowest BCUT2D eigenvalue weighted by molar-refractivity contribution is -0.0157. The molecular weight excluding hydrogens is 450 g/mol. The number of thiophene rings is 1.